The van der Waals surface area contributed by atoms with Crippen molar-refractivity contribution in [3.63, 3.8) is 0 Å². The van der Waals surface area contributed by atoms with E-state index in [2.05, 4.69) is 26.0 Å². The van der Waals surface area contributed by atoms with Crippen LogP contribution in [0.4, 0.5) is 0 Å². The lowest BCUT2D eigenvalue weighted by Gasteiger charge is -2.23. The summed E-state index contributed by atoms with van der Waals surface area (Å²) in [5.74, 6) is 0. The van der Waals surface area contributed by atoms with Crippen LogP contribution < -0.4 is 5.46 Å². The van der Waals surface area contributed by atoms with Gasteiger partial charge in [-0.15, -0.1) is 0 Å². The fourth-order valence-corrected chi connectivity index (χ4v) is 3.23. The van der Waals surface area contributed by atoms with Crippen LogP contribution in [-0.4, -0.2) is 17.2 Å². The SMILES string of the molecule is CC1(C)c2ccccc2-c2ccc(B(O)O)c(C#N)c21. The van der Waals surface area contributed by atoms with E-state index in [4.69, 9.17) is 0 Å². The van der Waals surface area contributed by atoms with Crippen LogP contribution in [0.3, 0.4) is 0 Å². The summed E-state index contributed by atoms with van der Waals surface area (Å²) < 4.78 is 0. The lowest BCUT2D eigenvalue weighted by molar-refractivity contribution is 0.425. The minimum atomic E-state index is -1.63. The van der Waals surface area contributed by atoms with Gasteiger partial charge in [0, 0.05) is 10.9 Å². The Labute approximate surface area is 118 Å². The first-order valence-corrected chi connectivity index (χ1v) is 6.52. The molecule has 0 aliphatic heterocycles. The highest BCUT2D eigenvalue weighted by Gasteiger charge is 2.39. The predicted molar refractivity (Wildman–Crippen MR) is 78.5 cm³/mol. The largest absolute Gasteiger partial charge is 0.489 e. The van der Waals surface area contributed by atoms with Gasteiger partial charge in [-0.25, -0.2) is 0 Å². The summed E-state index contributed by atoms with van der Waals surface area (Å²) >= 11 is 0. The smallest absolute Gasteiger partial charge is 0.423 e. The summed E-state index contributed by atoms with van der Waals surface area (Å²) in [6.07, 6.45) is 0. The molecule has 0 unspecified atom stereocenters. The van der Waals surface area contributed by atoms with Crippen LogP contribution in [0.2, 0.25) is 0 Å². The summed E-state index contributed by atoms with van der Waals surface area (Å²) in [4.78, 5) is 0. The molecular weight excluding hydrogens is 249 g/mol. The minimum Gasteiger partial charge on any atom is -0.423 e. The number of rotatable bonds is 1. The molecule has 0 radical (unpaired) electrons. The molecule has 20 heavy (non-hydrogen) atoms. The third-order valence-electron chi connectivity index (χ3n) is 4.14. The molecule has 0 heterocycles. The Bertz CT molecular complexity index is 745. The van der Waals surface area contributed by atoms with Crippen molar-refractivity contribution in [2.24, 2.45) is 0 Å². The normalized spacial score (nSPS) is 14.3. The van der Waals surface area contributed by atoms with Gasteiger partial charge in [0.25, 0.3) is 0 Å². The molecule has 98 valence electrons. The van der Waals surface area contributed by atoms with Crippen molar-refractivity contribution in [1.29, 1.82) is 5.26 Å². The van der Waals surface area contributed by atoms with Gasteiger partial charge < -0.3 is 10.0 Å². The molecule has 0 aromatic heterocycles. The second kappa shape index (κ2) is 4.21. The van der Waals surface area contributed by atoms with E-state index < -0.39 is 7.12 Å². The number of fused-ring (bicyclic) bond motifs is 3. The lowest BCUT2D eigenvalue weighted by atomic mass is 9.71. The zero-order chi connectivity index (χ0) is 14.5. The van der Waals surface area contributed by atoms with Crippen LogP contribution in [0.1, 0.15) is 30.5 Å². The van der Waals surface area contributed by atoms with Gasteiger partial charge in [-0.2, -0.15) is 5.26 Å². The summed E-state index contributed by atoms with van der Waals surface area (Å²) in [5, 5.41) is 28.4. The molecule has 0 atom stereocenters. The zero-order valence-electron chi connectivity index (χ0n) is 11.4. The fraction of sp³-hybridized carbons (Fsp3) is 0.188. The van der Waals surface area contributed by atoms with E-state index in [1.165, 1.54) is 0 Å². The van der Waals surface area contributed by atoms with E-state index >= 15 is 0 Å². The van der Waals surface area contributed by atoms with Crippen LogP contribution in [0.5, 0.6) is 0 Å². The summed E-state index contributed by atoms with van der Waals surface area (Å²) in [6, 6.07) is 13.7. The van der Waals surface area contributed by atoms with Crippen molar-refractivity contribution in [2.45, 2.75) is 19.3 Å². The van der Waals surface area contributed by atoms with Gasteiger partial charge in [-0.05, 0) is 22.3 Å². The molecule has 4 heteroatoms. The number of hydrogen-bond acceptors (Lipinski definition) is 3. The number of nitriles is 1. The Kier molecular flexibility index (Phi) is 2.72. The average Bonchev–Trinajstić information content (AvgIpc) is 2.67. The van der Waals surface area contributed by atoms with E-state index in [0.717, 1.165) is 22.3 Å². The number of hydrogen-bond donors (Lipinski definition) is 2. The first-order chi connectivity index (χ1) is 9.48. The van der Waals surface area contributed by atoms with Gasteiger partial charge in [0.05, 0.1) is 11.6 Å². The van der Waals surface area contributed by atoms with Crippen molar-refractivity contribution < 1.29 is 10.0 Å². The summed E-state index contributed by atoms with van der Waals surface area (Å²) in [5.41, 5.74) is 4.49. The van der Waals surface area contributed by atoms with Crippen LogP contribution in [0, 0.1) is 11.3 Å². The first-order valence-electron chi connectivity index (χ1n) is 6.52. The third-order valence-corrected chi connectivity index (χ3v) is 4.14. The maximum Gasteiger partial charge on any atom is 0.489 e. The van der Waals surface area contributed by atoms with Crippen LogP contribution >= 0.6 is 0 Å². The van der Waals surface area contributed by atoms with E-state index in [1.807, 2.05) is 24.3 Å². The van der Waals surface area contributed by atoms with E-state index in [-0.39, 0.29) is 10.9 Å². The second-order valence-electron chi connectivity index (χ2n) is 5.61. The predicted octanol–water partition coefficient (Wildman–Crippen LogP) is 1.54. The molecule has 2 aromatic rings. The minimum absolute atomic E-state index is 0.270. The molecular formula is C16H14BNO2. The highest BCUT2D eigenvalue weighted by atomic mass is 16.4. The molecule has 2 N–H and O–H groups in total. The Morgan fingerprint density at radius 2 is 1.75 bits per heavy atom. The topological polar surface area (TPSA) is 64.2 Å². The van der Waals surface area contributed by atoms with Crippen molar-refractivity contribution >= 4 is 12.6 Å². The maximum atomic E-state index is 9.47. The first kappa shape index (κ1) is 12.9. The number of benzene rings is 2. The Hall–Kier alpha value is -2.09. The van der Waals surface area contributed by atoms with Crippen LogP contribution in [0.15, 0.2) is 36.4 Å². The fourth-order valence-electron chi connectivity index (χ4n) is 3.23. The second-order valence-corrected chi connectivity index (χ2v) is 5.61. The van der Waals surface area contributed by atoms with E-state index in [9.17, 15) is 15.3 Å². The average molecular weight is 263 g/mol. The van der Waals surface area contributed by atoms with Crippen LogP contribution in [-0.2, 0) is 5.41 Å². The molecule has 0 saturated carbocycles. The third kappa shape index (κ3) is 1.54. The van der Waals surface area contributed by atoms with Gasteiger partial charge in [0.15, 0.2) is 0 Å². The molecule has 2 aromatic carbocycles. The monoisotopic (exact) mass is 263 g/mol. The Morgan fingerprint density at radius 1 is 1.05 bits per heavy atom. The zero-order valence-corrected chi connectivity index (χ0v) is 11.4. The molecule has 0 saturated heterocycles. The molecule has 0 spiro atoms. The highest BCUT2D eigenvalue weighted by molar-refractivity contribution is 6.59. The van der Waals surface area contributed by atoms with Crippen molar-refractivity contribution in [2.75, 3.05) is 0 Å². The lowest BCUT2D eigenvalue weighted by Crippen LogP contribution is -2.34. The molecule has 3 nitrogen and oxygen atoms in total. The Morgan fingerprint density at radius 3 is 2.40 bits per heavy atom. The molecule has 0 amide bonds. The van der Waals surface area contributed by atoms with Crippen molar-refractivity contribution in [3.05, 3.63) is 53.1 Å². The van der Waals surface area contributed by atoms with E-state index in [1.54, 1.807) is 6.07 Å². The molecule has 3 rings (SSSR count). The van der Waals surface area contributed by atoms with Crippen molar-refractivity contribution in [1.82, 2.24) is 0 Å². The number of nitrogens with zero attached hydrogens (tertiary/aromatic N) is 1. The summed E-state index contributed by atoms with van der Waals surface area (Å²) in [7, 11) is -1.63. The van der Waals surface area contributed by atoms with E-state index in [0.29, 0.717) is 5.56 Å². The molecule has 1 aliphatic rings. The Balaban J connectivity index is 2.41. The van der Waals surface area contributed by atoms with Crippen LogP contribution in [0.25, 0.3) is 11.1 Å². The molecule has 1 aliphatic carbocycles. The van der Waals surface area contributed by atoms with Gasteiger partial charge in [-0.3, -0.25) is 0 Å². The quantitative estimate of drug-likeness (QED) is 0.767. The van der Waals surface area contributed by atoms with Gasteiger partial charge in [0.2, 0.25) is 0 Å². The summed E-state index contributed by atoms with van der Waals surface area (Å²) in [6.45, 7) is 4.12. The van der Waals surface area contributed by atoms with Crippen molar-refractivity contribution in [3.8, 4) is 17.2 Å². The van der Waals surface area contributed by atoms with Gasteiger partial charge in [-0.1, -0.05) is 50.2 Å². The maximum absolute atomic E-state index is 9.47. The molecule has 0 fully saturated rings. The molecule has 0 bridgehead atoms. The standard InChI is InChI=1S/C16H14BNO2/c1-16(2)13-6-4-3-5-10(13)11-7-8-14(17(19)20)12(9-18)15(11)16/h3-8,19-20H,1-2H3. The van der Waals surface area contributed by atoms with Gasteiger partial charge in [0.1, 0.15) is 0 Å². The highest BCUT2D eigenvalue weighted by Crippen LogP contribution is 2.49. The van der Waals surface area contributed by atoms with Gasteiger partial charge >= 0.3 is 7.12 Å².